The molecule has 0 spiro atoms. The standard InChI is InChI=1S/C18H15ClO2/c19-18-14-9-5-4-8-13(14)17(12-6-2-1-3-7-12)15(10-20)16(18)11-21/h1-9,20-21H,10-11H2. The van der Waals surface area contributed by atoms with Crippen LogP contribution in [-0.4, -0.2) is 10.2 Å². The van der Waals surface area contributed by atoms with Crippen molar-refractivity contribution in [3.05, 3.63) is 70.7 Å². The van der Waals surface area contributed by atoms with Crippen LogP contribution in [0.1, 0.15) is 11.1 Å². The average Bonchev–Trinajstić information content (AvgIpc) is 2.55. The average molecular weight is 299 g/mol. The van der Waals surface area contributed by atoms with E-state index in [1.165, 1.54) is 0 Å². The molecule has 0 fully saturated rings. The van der Waals surface area contributed by atoms with Crippen LogP contribution in [0, 0.1) is 0 Å². The topological polar surface area (TPSA) is 40.5 Å². The molecule has 0 unspecified atom stereocenters. The van der Waals surface area contributed by atoms with Crippen LogP contribution in [-0.2, 0) is 13.2 Å². The van der Waals surface area contributed by atoms with Crippen LogP contribution in [0.15, 0.2) is 54.6 Å². The molecule has 106 valence electrons. The zero-order chi connectivity index (χ0) is 14.8. The van der Waals surface area contributed by atoms with Crippen molar-refractivity contribution in [3.8, 4) is 11.1 Å². The van der Waals surface area contributed by atoms with Crippen molar-refractivity contribution in [1.82, 2.24) is 0 Å². The lowest BCUT2D eigenvalue weighted by Gasteiger charge is -2.18. The van der Waals surface area contributed by atoms with Crippen molar-refractivity contribution >= 4 is 22.4 Å². The predicted octanol–water partition coefficient (Wildman–Crippen LogP) is 4.14. The van der Waals surface area contributed by atoms with Gasteiger partial charge in [-0.1, -0.05) is 66.2 Å². The van der Waals surface area contributed by atoms with Crippen LogP contribution in [0.4, 0.5) is 0 Å². The molecule has 0 heterocycles. The van der Waals surface area contributed by atoms with E-state index >= 15 is 0 Å². The lowest BCUT2D eigenvalue weighted by molar-refractivity contribution is 0.261. The maximum absolute atomic E-state index is 9.81. The third kappa shape index (κ3) is 2.32. The Balaban J connectivity index is 2.49. The van der Waals surface area contributed by atoms with Crippen molar-refractivity contribution in [3.63, 3.8) is 0 Å². The van der Waals surface area contributed by atoms with E-state index in [1.807, 2.05) is 54.6 Å². The maximum Gasteiger partial charge on any atom is 0.0700 e. The molecule has 3 rings (SSSR count). The van der Waals surface area contributed by atoms with Gasteiger partial charge in [-0.05, 0) is 22.1 Å². The number of halogens is 1. The lowest BCUT2D eigenvalue weighted by Crippen LogP contribution is -2.00. The Hall–Kier alpha value is -1.87. The molecule has 0 saturated heterocycles. The van der Waals surface area contributed by atoms with Gasteiger partial charge in [0.05, 0.1) is 18.2 Å². The Kier molecular flexibility index (Phi) is 3.93. The second-order valence-corrected chi connectivity index (χ2v) is 5.25. The molecule has 0 atom stereocenters. The third-order valence-electron chi connectivity index (χ3n) is 3.74. The number of benzene rings is 3. The highest BCUT2D eigenvalue weighted by Crippen LogP contribution is 2.39. The number of aliphatic hydroxyl groups is 2. The van der Waals surface area contributed by atoms with Crippen molar-refractivity contribution in [2.45, 2.75) is 13.2 Å². The second-order valence-electron chi connectivity index (χ2n) is 4.87. The Labute approximate surface area is 128 Å². The largest absolute Gasteiger partial charge is 0.392 e. The van der Waals surface area contributed by atoms with Crippen LogP contribution in [0.3, 0.4) is 0 Å². The first-order chi connectivity index (χ1) is 10.3. The molecule has 0 saturated carbocycles. The SMILES string of the molecule is OCc1c(CO)c(-c2ccccc2)c2ccccc2c1Cl. The van der Waals surface area contributed by atoms with Gasteiger partial charge in [-0.3, -0.25) is 0 Å². The van der Waals surface area contributed by atoms with Crippen molar-refractivity contribution < 1.29 is 10.2 Å². The summed E-state index contributed by atoms with van der Waals surface area (Å²) in [6.07, 6.45) is 0. The van der Waals surface area contributed by atoms with Gasteiger partial charge in [-0.25, -0.2) is 0 Å². The van der Waals surface area contributed by atoms with E-state index in [-0.39, 0.29) is 13.2 Å². The minimum atomic E-state index is -0.195. The summed E-state index contributed by atoms with van der Waals surface area (Å²) in [5.41, 5.74) is 3.22. The molecule has 0 aliphatic rings. The molecular formula is C18H15ClO2. The van der Waals surface area contributed by atoms with Gasteiger partial charge in [-0.2, -0.15) is 0 Å². The molecule has 0 radical (unpaired) electrons. The molecular weight excluding hydrogens is 284 g/mol. The van der Waals surface area contributed by atoms with Crippen LogP contribution >= 0.6 is 11.6 Å². The molecule has 0 bridgehead atoms. The number of hydrogen-bond donors (Lipinski definition) is 2. The van der Waals surface area contributed by atoms with E-state index in [2.05, 4.69) is 0 Å². The molecule has 0 aliphatic carbocycles. The second kappa shape index (κ2) is 5.86. The highest BCUT2D eigenvalue weighted by atomic mass is 35.5. The summed E-state index contributed by atoms with van der Waals surface area (Å²) in [4.78, 5) is 0. The molecule has 2 nitrogen and oxygen atoms in total. The maximum atomic E-state index is 9.81. The van der Waals surface area contributed by atoms with Crippen molar-refractivity contribution in [2.75, 3.05) is 0 Å². The monoisotopic (exact) mass is 298 g/mol. The molecule has 0 aromatic heterocycles. The smallest absolute Gasteiger partial charge is 0.0700 e. The van der Waals surface area contributed by atoms with E-state index in [1.54, 1.807) is 0 Å². The number of fused-ring (bicyclic) bond motifs is 1. The first kappa shape index (κ1) is 14.1. The van der Waals surface area contributed by atoms with Crippen LogP contribution in [0.2, 0.25) is 5.02 Å². The van der Waals surface area contributed by atoms with Gasteiger partial charge in [0.25, 0.3) is 0 Å². The number of aliphatic hydroxyl groups excluding tert-OH is 2. The van der Waals surface area contributed by atoms with Gasteiger partial charge in [-0.15, -0.1) is 0 Å². The van der Waals surface area contributed by atoms with E-state index < -0.39 is 0 Å². The minimum absolute atomic E-state index is 0.162. The molecule has 21 heavy (non-hydrogen) atoms. The summed E-state index contributed by atoms with van der Waals surface area (Å²) in [5.74, 6) is 0. The number of hydrogen-bond acceptors (Lipinski definition) is 2. The van der Waals surface area contributed by atoms with Gasteiger partial charge >= 0.3 is 0 Å². The fourth-order valence-electron chi connectivity index (χ4n) is 2.77. The summed E-state index contributed by atoms with van der Waals surface area (Å²) in [7, 11) is 0. The highest BCUT2D eigenvalue weighted by molar-refractivity contribution is 6.37. The zero-order valence-corrected chi connectivity index (χ0v) is 12.1. The minimum Gasteiger partial charge on any atom is -0.392 e. The summed E-state index contributed by atoms with van der Waals surface area (Å²) in [6, 6.07) is 17.7. The van der Waals surface area contributed by atoms with Gasteiger partial charge in [0.15, 0.2) is 0 Å². The quantitative estimate of drug-likeness (QED) is 0.763. The van der Waals surface area contributed by atoms with E-state index in [9.17, 15) is 10.2 Å². The Morgan fingerprint density at radius 2 is 1.29 bits per heavy atom. The Morgan fingerprint density at radius 1 is 0.714 bits per heavy atom. The van der Waals surface area contributed by atoms with Crippen molar-refractivity contribution in [2.24, 2.45) is 0 Å². The van der Waals surface area contributed by atoms with Crippen molar-refractivity contribution in [1.29, 1.82) is 0 Å². The molecule has 0 aliphatic heterocycles. The summed E-state index contributed by atoms with van der Waals surface area (Å²) < 4.78 is 0. The molecule has 0 amide bonds. The zero-order valence-electron chi connectivity index (χ0n) is 11.4. The van der Waals surface area contributed by atoms with E-state index in [0.29, 0.717) is 16.1 Å². The van der Waals surface area contributed by atoms with Gasteiger partial charge < -0.3 is 10.2 Å². The van der Waals surface area contributed by atoms with Crippen LogP contribution < -0.4 is 0 Å². The third-order valence-corrected chi connectivity index (χ3v) is 4.17. The summed E-state index contributed by atoms with van der Waals surface area (Å²) in [5, 5.41) is 21.9. The molecule has 3 aromatic carbocycles. The number of rotatable bonds is 3. The summed E-state index contributed by atoms with van der Waals surface area (Å²) in [6.45, 7) is -0.357. The van der Waals surface area contributed by atoms with Gasteiger partial charge in [0, 0.05) is 10.9 Å². The lowest BCUT2D eigenvalue weighted by atomic mass is 9.90. The van der Waals surface area contributed by atoms with E-state index in [0.717, 1.165) is 21.9 Å². The van der Waals surface area contributed by atoms with E-state index in [4.69, 9.17) is 11.6 Å². The van der Waals surface area contributed by atoms with Crippen LogP contribution in [0.25, 0.3) is 21.9 Å². The Bertz CT molecular complexity index is 782. The normalized spacial score (nSPS) is 11.0. The summed E-state index contributed by atoms with van der Waals surface area (Å²) >= 11 is 6.41. The molecule has 3 aromatic rings. The van der Waals surface area contributed by atoms with Gasteiger partial charge in [0.2, 0.25) is 0 Å². The highest BCUT2D eigenvalue weighted by Gasteiger charge is 2.18. The first-order valence-electron chi connectivity index (χ1n) is 6.77. The molecule has 3 heteroatoms. The van der Waals surface area contributed by atoms with Crippen LogP contribution in [0.5, 0.6) is 0 Å². The first-order valence-corrected chi connectivity index (χ1v) is 7.14. The predicted molar refractivity (Wildman–Crippen MR) is 86.2 cm³/mol. The van der Waals surface area contributed by atoms with Gasteiger partial charge in [0.1, 0.15) is 0 Å². The molecule has 2 N–H and O–H groups in total. The fraction of sp³-hybridized carbons (Fsp3) is 0.111. The Morgan fingerprint density at radius 3 is 1.90 bits per heavy atom. The fourth-order valence-corrected chi connectivity index (χ4v) is 3.11.